The summed E-state index contributed by atoms with van der Waals surface area (Å²) < 4.78 is 5.43. The van der Waals surface area contributed by atoms with E-state index in [1.165, 1.54) is 25.0 Å². The molecule has 3 heteroatoms. The molecule has 0 aliphatic heterocycles. The van der Waals surface area contributed by atoms with Crippen LogP contribution in [0.15, 0.2) is 22.8 Å². The lowest BCUT2D eigenvalue weighted by Crippen LogP contribution is -2.35. The minimum absolute atomic E-state index is 0.332. The zero-order valence-electron chi connectivity index (χ0n) is 10.1. The lowest BCUT2D eigenvalue weighted by atomic mass is 10.2. The van der Waals surface area contributed by atoms with E-state index in [9.17, 15) is 0 Å². The molecule has 1 aromatic rings. The van der Waals surface area contributed by atoms with Gasteiger partial charge >= 0.3 is 0 Å². The van der Waals surface area contributed by atoms with Gasteiger partial charge in [-0.3, -0.25) is 0 Å². The van der Waals surface area contributed by atoms with Crippen molar-refractivity contribution < 1.29 is 4.42 Å². The summed E-state index contributed by atoms with van der Waals surface area (Å²) in [5.74, 6) is 2.27. The predicted octanol–water partition coefficient (Wildman–Crippen LogP) is 3.60. The third kappa shape index (κ3) is 2.83. The van der Waals surface area contributed by atoms with Crippen LogP contribution < -0.4 is 5.32 Å². The third-order valence-corrected chi connectivity index (χ3v) is 4.59. The molecule has 0 saturated heterocycles. The maximum Gasteiger partial charge on any atom is 0.120 e. The fourth-order valence-corrected chi connectivity index (χ4v) is 3.68. The molecule has 1 aromatic heterocycles. The molecule has 1 aliphatic rings. The highest BCUT2D eigenvalue weighted by atomic mass is 32.2. The molecule has 1 N–H and O–H groups in total. The van der Waals surface area contributed by atoms with Crippen molar-refractivity contribution in [1.29, 1.82) is 0 Å². The lowest BCUT2D eigenvalue weighted by molar-refractivity contribution is 0.393. The van der Waals surface area contributed by atoms with Crippen molar-refractivity contribution >= 4 is 11.8 Å². The molecule has 0 spiro atoms. The van der Waals surface area contributed by atoms with Crippen molar-refractivity contribution in [2.45, 2.75) is 50.4 Å². The average Bonchev–Trinajstić information content (AvgIpc) is 2.90. The minimum Gasteiger partial charge on any atom is -0.468 e. The predicted molar refractivity (Wildman–Crippen MR) is 69.8 cm³/mol. The van der Waals surface area contributed by atoms with Crippen molar-refractivity contribution in [2.75, 3.05) is 5.75 Å². The van der Waals surface area contributed by atoms with Crippen LogP contribution in [0.3, 0.4) is 0 Å². The van der Waals surface area contributed by atoms with Crippen molar-refractivity contribution in [3.8, 4) is 0 Å². The van der Waals surface area contributed by atoms with Gasteiger partial charge in [-0.2, -0.15) is 11.8 Å². The number of hydrogen-bond donors (Lipinski definition) is 1. The van der Waals surface area contributed by atoms with E-state index in [0.29, 0.717) is 12.1 Å². The van der Waals surface area contributed by atoms with Crippen LogP contribution in [-0.2, 0) is 0 Å². The molecule has 1 fully saturated rings. The van der Waals surface area contributed by atoms with Gasteiger partial charge in [-0.1, -0.05) is 13.3 Å². The number of rotatable bonds is 5. The fourth-order valence-electron chi connectivity index (χ4n) is 2.47. The largest absolute Gasteiger partial charge is 0.468 e. The van der Waals surface area contributed by atoms with E-state index in [0.717, 1.165) is 11.0 Å². The van der Waals surface area contributed by atoms with Crippen LogP contribution in [0, 0.1) is 0 Å². The first-order chi connectivity index (χ1) is 7.81. The Labute approximate surface area is 102 Å². The quantitative estimate of drug-likeness (QED) is 0.850. The summed E-state index contributed by atoms with van der Waals surface area (Å²) in [7, 11) is 0. The van der Waals surface area contributed by atoms with Gasteiger partial charge in [0.05, 0.1) is 12.3 Å². The van der Waals surface area contributed by atoms with E-state index < -0.39 is 0 Å². The molecule has 2 nitrogen and oxygen atoms in total. The Morgan fingerprint density at radius 2 is 2.44 bits per heavy atom. The van der Waals surface area contributed by atoms with E-state index in [-0.39, 0.29) is 0 Å². The van der Waals surface area contributed by atoms with E-state index in [2.05, 4.69) is 37.0 Å². The maximum absolute atomic E-state index is 5.43. The zero-order chi connectivity index (χ0) is 11.4. The monoisotopic (exact) mass is 239 g/mol. The van der Waals surface area contributed by atoms with Crippen LogP contribution in [-0.4, -0.2) is 17.0 Å². The highest BCUT2D eigenvalue weighted by Crippen LogP contribution is 2.31. The van der Waals surface area contributed by atoms with Crippen LogP contribution >= 0.6 is 11.8 Å². The van der Waals surface area contributed by atoms with E-state index >= 15 is 0 Å². The highest BCUT2D eigenvalue weighted by molar-refractivity contribution is 7.99. The molecule has 0 amide bonds. The van der Waals surface area contributed by atoms with Gasteiger partial charge < -0.3 is 9.73 Å². The molecule has 0 bridgehead atoms. The highest BCUT2D eigenvalue weighted by Gasteiger charge is 2.28. The summed E-state index contributed by atoms with van der Waals surface area (Å²) >= 11 is 2.09. The van der Waals surface area contributed by atoms with Crippen LogP contribution in [0.4, 0.5) is 0 Å². The second-order valence-electron chi connectivity index (χ2n) is 4.43. The number of nitrogens with one attached hydrogen (secondary N) is 1. The summed E-state index contributed by atoms with van der Waals surface area (Å²) in [5, 5.41) is 4.50. The first kappa shape index (κ1) is 12.1. The minimum atomic E-state index is 0.332. The Bertz CT molecular complexity index is 299. The summed E-state index contributed by atoms with van der Waals surface area (Å²) in [6, 6.07) is 5.00. The molecule has 0 radical (unpaired) electrons. The van der Waals surface area contributed by atoms with E-state index in [1.807, 2.05) is 6.07 Å². The number of thioether (sulfide) groups is 1. The van der Waals surface area contributed by atoms with Crippen LogP contribution in [0.5, 0.6) is 0 Å². The van der Waals surface area contributed by atoms with Gasteiger partial charge in [0.2, 0.25) is 0 Å². The second kappa shape index (κ2) is 5.78. The Morgan fingerprint density at radius 3 is 3.12 bits per heavy atom. The normalized spacial score (nSPS) is 27.1. The van der Waals surface area contributed by atoms with Crippen LogP contribution in [0.25, 0.3) is 0 Å². The Kier molecular flexibility index (Phi) is 4.36. The number of furan rings is 1. The summed E-state index contributed by atoms with van der Waals surface area (Å²) in [5.41, 5.74) is 0. The Hall–Kier alpha value is -0.410. The van der Waals surface area contributed by atoms with Crippen LogP contribution in [0.1, 0.15) is 44.9 Å². The van der Waals surface area contributed by atoms with Gasteiger partial charge in [0.15, 0.2) is 0 Å². The van der Waals surface area contributed by atoms with Gasteiger partial charge in [0.25, 0.3) is 0 Å². The first-order valence-electron chi connectivity index (χ1n) is 6.22. The van der Waals surface area contributed by atoms with Crippen molar-refractivity contribution in [1.82, 2.24) is 5.32 Å². The van der Waals surface area contributed by atoms with Gasteiger partial charge in [-0.05, 0) is 37.7 Å². The van der Waals surface area contributed by atoms with Crippen LogP contribution in [0.2, 0.25) is 0 Å². The van der Waals surface area contributed by atoms with Crippen molar-refractivity contribution in [2.24, 2.45) is 0 Å². The summed E-state index contributed by atoms with van der Waals surface area (Å²) in [6.45, 7) is 4.43. The molecule has 3 atom stereocenters. The lowest BCUT2D eigenvalue weighted by Gasteiger charge is -2.23. The van der Waals surface area contributed by atoms with Crippen molar-refractivity contribution in [3.05, 3.63) is 24.2 Å². The standard InChI is InChI=1S/C13H21NOS/c1-3-16-13-8-4-6-11(13)14-10(2)12-7-5-9-15-12/h5,7,9-11,13-14H,3-4,6,8H2,1-2H3. The van der Waals surface area contributed by atoms with Gasteiger partial charge in [-0.25, -0.2) is 0 Å². The van der Waals surface area contributed by atoms with E-state index in [1.54, 1.807) is 6.26 Å². The molecule has 1 saturated carbocycles. The van der Waals surface area contributed by atoms with E-state index in [4.69, 9.17) is 4.42 Å². The average molecular weight is 239 g/mol. The molecule has 90 valence electrons. The SMILES string of the molecule is CCSC1CCCC1NC(C)c1ccco1. The molecular weight excluding hydrogens is 218 g/mol. The van der Waals surface area contributed by atoms with Gasteiger partial charge in [0.1, 0.15) is 5.76 Å². The Morgan fingerprint density at radius 1 is 1.56 bits per heavy atom. The molecule has 16 heavy (non-hydrogen) atoms. The fraction of sp³-hybridized carbons (Fsp3) is 0.692. The molecule has 1 heterocycles. The molecular formula is C13H21NOS. The summed E-state index contributed by atoms with van der Waals surface area (Å²) in [6.07, 6.45) is 5.78. The first-order valence-corrected chi connectivity index (χ1v) is 7.27. The van der Waals surface area contributed by atoms with Gasteiger partial charge in [0, 0.05) is 11.3 Å². The Balaban J connectivity index is 1.88. The number of hydrogen-bond acceptors (Lipinski definition) is 3. The van der Waals surface area contributed by atoms with Crippen molar-refractivity contribution in [3.63, 3.8) is 0 Å². The third-order valence-electron chi connectivity index (χ3n) is 3.27. The molecule has 1 aliphatic carbocycles. The maximum atomic E-state index is 5.43. The molecule has 0 aromatic carbocycles. The summed E-state index contributed by atoms with van der Waals surface area (Å²) in [4.78, 5) is 0. The smallest absolute Gasteiger partial charge is 0.120 e. The molecule has 2 rings (SSSR count). The topological polar surface area (TPSA) is 25.2 Å². The molecule has 3 unspecified atom stereocenters. The van der Waals surface area contributed by atoms with Gasteiger partial charge in [-0.15, -0.1) is 0 Å². The second-order valence-corrected chi connectivity index (χ2v) is 5.95. The zero-order valence-corrected chi connectivity index (χ0v) is 10.9.